The van der Waals surface area contributed by atoms with E-state index in [-0.39, 0.29) is 22.3 Å². The van der Waals surface area contributed by atoms with E-state index in [0.717, 1.165) is 30.4 Å². The van der Waals surface area contributed by atoms with Crippen LogP contribution < -0.4 is 4.72 Å². The molecule has 0 atom stereocenters. The number of carbonyl (C=O) groups is 1. The zero-order valence-corrected chi connectivity index (χ0v) is 14.9. The molecular formula is C19H11F2N3O3S. The third kappa shape index (κ3) is 5.59. The van der Waals surface area contributed by atoms with E-state index in [2.05, 4.69) is 0 Å². The van der Waals surface area contributed by atoms with Crippen molar-refractivity contribution in [3.63, 3.8) is 0 Å². The number of sulfonamides is 1. The minimum Gasteiger partial charge on any atom is -0.269 e. The Hall–Kier alpha value is -3.82. The van der Waals surface area contributed by atoms with Crippen molar-refractivity contribution in [3.8, 4) is 12.1 Å². The van der Waals surface area contributed by atoms with Crippen LogP contribution in [-0.2, 0) is 14.8 Å². The van der Waals surface area contributed by atoms with Crippen LogP contribution in [0.3, 0.4) is 0 Å². The molecule has 0 saturated heterocycles. The highest BCUT2D eigenvalue weighted by atomic mass is 32.2. The van der Waals surface area contributed by atoms with Crippen molar-refractivity contribution in [2.24, 2.45) is 0 Å². The molecule has 0 saturated carbocycles. The van der Waals surface area contributed by atoms with Crippen molar-refractivity contribution in [1.29, 1.82) is 10.5 Å². The highest BCUT2D eigenvalue weighted by Crippen LogP contribution is 2.13. The number of nitriles is 2. The molecule has 6 nitrogen and oxygen atoms in total. The van der Waals surface area contributed by atoms with E-state index in [4.69, 9.17) is 10.5 Å². The molecule has 140 valence electrons. The fraction of sp³-hybridized carbons (Fsp3) is 0. The van der Waals surface area contributed by atoms with Crippen LogP contribution in [0.25, 0.3) is 12.2 Å². The van der Waals surface area contributed by atoms with E-state index >= 15 is 0 Å². The second-order valence-electron chi connectivity index (χ2n) is 5.34. The number of rotatable bonds is 5. The van der Waals surface area contributed by atoms with Crippen molar-refractivity contribution in [3.05, 3.63) is 81.8 Å². The molecule has 0 aliphatic rings. The summed E-state index contributed by atoms with van der Waals surface area (Å²) in [6.07, 6.45) is 2.78. The Morgan fingerprint density at radius 1 is 0.929 bits per heavy atom. The van der Waals surface area contributed by atoms with Gasteiger partial charge in [-0.05, 0) is 36.4 Å². The van der Waals surface area contributed by atoms with E-state index in [0.29, 0.717) is 5.41 Å². The monoisotopic (exact) mass is 399 g/mol. The van der Waals surface area contributed by atoms with Gasteiger partial charge in [-0.25, -0.2) is 21.9 Å². The van der Waals surface area contributed by atoms with Gasteiger partial charge in [-0.15, -0.1) is 0 Å². The Labute approximate surface area is 159 Å². The van der Waals surface area contributed by atoms with Crippen LogP contribution in [0.4, 0.5) is 8.78 Å². The molecule has 2 aromatic rings. The molecule has 0 radical (unpaired) electrons. The molecule has 2 aromatic carbocycles. The van der Waals surface area contributed by atoms with Crippen molar-refractivity contribution >= 4 is 28.1 Å². The van der Waals surface area contributed by atoms with Gasteiger partial charge in [0.15, 0.2) is 0 Å². The van der Waals surface area contributed by atoms with Gasteiger partial charge in [0, 0.05) is 17.2 Å². The van der Waals surface area contributed by atoms with Gasteiger partial charge in [0.1, 0.15) is 11.6 Å². The lowest BCUT2D eigenvalue weighted by Crippen LogP contribution is -2.26. The topological polar surface area (TPSA) is 111 Å². The molecule has 2 rings (SSSR count). The lowest BCUT2D eigenvalue weighted by atomic mass is 10.1. The fourth-order valence-electron chi connectivity index (χ4n) is 2.00. The number of amides is 1. The molecule has 0 bridgehead atoms. The summed E-state index contributed by atoms with van der Waals surface area (Å²) < 4.78 is 52.9. The van der Waals surface area contributed by atoms with Crippen LogP contribution in [0.2, 0.25) is 0 Å². The summed E-state index contributed by atoms with van der Waals surface area (Å²) in [6, 6.07) is 10.5. The first-order chi connectivity index (χ1) is 13.2. The Morgan fingerprint density at radius 3 is 1.89 bits per heavy atom. The van der Waals surface area contributed by atoms with Gasteiger partial charge in [-0.3, -0.25) is 4.79 Å². The molecule has 0 aliphatic heterocycles. The van der Waals surface area contributed by atoms with Gasteiger partial charge >= 0.3 is 0 Å². The van der Waals surface area contributed by atoms with Gasteiger partial charge < -0.3 is 0 Å². The predicted molar refractivity (Wildman–Crippen MR) is 97.4 cm³/mol. The maximum atomic E-state index is 13.7. The summed E-state index contributed by atoms with van der Waals surface area (Å²) in [6.45, 7) is 0. The minimum absolute atomic E-state index is 0.0123. The second kappa shape index (κ2) is 8.71. The summed E-state index contributed by atoms with van der Waals surface area (Å²) in [4.78, 5) is 11.7. The zero-order chi connectivity index (χ0) is 20.7. The predicted octanol–water partition coefficient (Wildman–Crippen LogP) is 2.84. The Morgan fingerprint density at radius 2 is 1.43 bits per heavy atom. The summed E-state index contributed by atoms with van der Waals surface area (Å²) in [5, 5.41) is 17.9. The maximum absolute atomic E-state index is 13.7. The van der Waals surface area contributed by atoms with Crippen molar-refractivity contribution in [2.75, 3.05) is 0 Å². The number of hydrogen-bond donors (Lipinski definition) is 1. The van der Waals surface area contributed by atoms with Crippen LogP contribution in [0, 0.1) is 34.3 Å². The number of benzene rings is 2. The summed E-state index contributed by atoms with van der Waals surface area (Å²) >= 11 is 0. The van der Waals surface area contributed by atoms with E-state index in [1.54, 1.807) is 16.9 Å². The quantitative estimate of drug-likeness (QED) is 0.777. The molecule has 1 amide bonds. The average molecular weight is 399 g/mol. The number of nitrogens with zero attached hydrogens (tertiary/aromatic N) is 2. The first-order valence-corrected chi connectivity index (χ1v) is 9.11. The zero-order valence-electron chi connectivity index (χ0n) is 14.1. The first-order valence-electron chi connectivity index (χ1n) is 7.56. The van der Waals surface area contributed by atoms with Crippen LogP contribution in [0.1, 0.15) is 22.3 Å². The third-order valence-electron chi connectivity index (χ3n) is 3.34. The average Bonchev–Trinajstić information content (AvgIpc) is 2.65. The number of hydrogen-bond acceptors (Lipinski definition) is 5. The molecule has 0 spiro atoms. The highest BCUT2D eigenvalue weighted by Gasteiger charge is 2.10. The molecule has 0 aliphatic carbocycles. The van der Waals surface area contributed by atoms with Crippen molar-refractivity contribution in [2.45, 2.75) is 0 Å². The molecule has 9 heteroatoms. The van der Waals surface area contributed by atoms with Crippen molar-refractivity contribution < 1.29 is 22.0 Å². The fourth-order valence-corrected chi connectivity index (χ4v) is 2.74. The van der Waals surface area contributed by atoms with Gasteiger partial charge in [-0.2, -0.15) is 10.5 Å². The molecule has 0 heterocycles. The minimum atomic E-state index is -4.24. The Kier molecular flexibility index (Phi) is 6.38. The summed E-state index contributed by atoms with van der Waals surface area (Å²) in [7, 11) is -4.24. The van der Waals surface area contributed by atoms with Gasteiger partial charge in [0.05, 0.1) is 28.7 Å². The first kappa shape index (κ1) is 20.5. The van der Waals surface area contributed by atoms with Crippen LogP contribution in [0.5, 0.6) is 0 Å². The van der Waals surface area contributed by atoms with E-state index in [1.165, 1.54) is 24.3 Å². The summed E-state index contributed by atoms with van der Waals surface area (Å²) in [5.41, 5.74) is 0.0709. The van der Waals surface area contributed by atoms with E-state index in [9.17, 15) is 22.0 Å². The van der Waals surface area contributed by atoms with Crippen LogP contribution >= 0.6 is 0 Å². The standard InChI is InChI=1S/C19H11F2N3O3S/c20-17-9-13(11-22)1-3-15(17)5-6-19(25)24-28(26,27)8-7-16-4-2-14(12-23)10-18(16)21/h1-10H,(H,24,25)/b6-5-,8-7+. The van der Waals surface area contributed by atoms with Gasteiger partial charge in [0.25, 0.3) is 15.9 Å². The molecule has 1 N–H and O–H groups in total. The van der Waals surface area contributed by atoms with Gasteiger partial charge in [0.2, 0.25) is 0 Å². The SMILES string of the molecule is N#Cc1ccc(/C=C\C(=O)NS(=O)(=O)/C=C/c2ccc(C#N)cc2F)c(F)c1. The lowest BCUT2D eigenvalue weighted by Gasteiger charge is -2.01. The van der Waals surface area contributed by atoms with Crippen LogP contribution in [0.15, 0.2) is 47.9 Å². The van der Waals surface area contributed by atoms with Crippen molar-refractivity contribution in [1.82, 2.24) is 4.72 Å². The normalized spacial score (nSPS) is 11.3. The molecule has 0 aromatic heterocycles. The maximum Gasteiger partial charge on any atom is 0.257 e. The van der Waals surface area contributed by atoms with E-state index < -0.39 is 27.6 Å². The summed E-state index contributed by atoms with van der Waals surface area (Å²) in [5.74, 6) is -2.59. The second-order valence-corrected chi connectivity index (χ2v) is 6.91. The number of halogens is 2. The molecule has 0 unspecified atom stereocenters. The largest absolute Gasteiger partial charge is 0.269 e. The van der Waals surface area contributed by atoms with E-state index in [1.807, 2.05) is 0 Å². The molecule has 0 fully saturated rings. The smallest absolute Gasteiger partial charge is 0.257 e. The number of carbonyl (C=O) groups excluding carboxylic acids is 1. The lowest BCUT2D eigenvalue weighted by molar-refractivity contribution is -0.114. The molecule has 28 heavy (non-hydrogen) atoms. The molecular weight excluding hydrogens is 388 g/mol. The van der Waals surface area contributed by atoms with Gasteiger partial charge in [-0.1, -0.05) is 12.1 Å². The van der Waals surface area contributed by atoms with Crippen LogP contribution in [-0.4, -0.2) is 14.3 Å². The Balaban J connectivity index is 2.08. The number of nitrogens with one attached hydrogen (secondary N) is 1. The Bertz CT molecular complexity index is 1170. The third-order valence-corrected chi connectivity index (χ3v) is 4.32. The highest BCUT2D eigenvalue weighted by molar-refractivity contribution is 7.93.